The molecule has 3 aromatic rings. The molecular formula is C24H17BrN4O7. The van der Waals surface area contributed by atoms with Gasteiger partial charge < -0.3 is 14.8 Å². The van der Waals surface area contributed by atoms with Crippen molar-refractivity contribution in [1.29, 1.82) is 5.26 Å². The van der Waals surface area contributed by atoms with E-state index in [4.69, 9.17) is 9.47 Å². The number of nitrogens with zero attached hydrogens (tertiary/aromatic N) is 3. The van der Waals surface area contributed by atoms with Crippen LogP contribution in [0.2, 0.25) is 0 Å². The summed E-state index contributed by atoms with van der Waals surface area (Å²) in [6, 6.07) is 16.2. The fourth-order valence-corrected chi connectivity index (χ4v) is 3.45. The number of ether oxygens (including phenoxy) is 2. The number of nitro groups is 2. The number of hydrogen-bond acceptors (Lipinski definition) is 8. The molecule has 36 heavy (non-hydrogen) atoms. The first-order valence-corrected chi connectivity index (χ1v) is 10.9. The van der Waals surface area contributed by atoms with Crippen molar-refractivity contribution in [2.75, 3.05) is 12.4 Å². The van der Waals surface area contributed by atoms with E-state index in [1.54, 1.807) is 24.3 Å². The van der Waals surface area contributed by atoms with Gasteiger partial charge in [0.05, 0.1) is 17.0 Å². The molecule has 0 aromatic heterocycles. The zero-order chi connectivity index (χ0) is 26.2. The molecule has 0 aliphatic heterocycles. The number of nitriles is 1. The quantitative estimate of drug-likeness (QED) is 0.160. The van der Waals surface area contributed by atoms with E-state index in [1.165, 1.54) is 49.6 Å². The SMILES string of the molecule is COc1cc(/C=C(\C#N)C(=O)Nc2cccc([N+](=O)[O-])c2)c(Br)cc1OCc1ccc([N+](=O)[O-])cc1. The summed E-state index contributed by atoms with van der Waals surface area (Å²) >= 11 is 3.39. The van der Waals surface area contributed by atoms with Gasteiger partial charge in [-0.1, -0.05) is 22.0 Å². The molecule has 3 aromatic carbocycles. The number of methoxy groups -OCH3 is 1. The van der Waals surface area contributed by atoms with Crippen molar-refractivity contribution in [3.05, 3.63) is 102 Å². The van der Waals surface area contributed by atoms with Gasteiger partial charge in [0, 0.05) is 34.4 Å². The highest BCUT2D eigenvalue weighted by Crippen LogP contribution is 2.35. The first kappa shape index (κ1) is 25.9. The standard InChI is InChI=1S/C24H17BrN4O7/c1-35-22-10-16(9-17(13-26)24(30)27-18-3-2-4-20(11-18)29(33)34)21(25)12-23(22)36-14-15-5-7-19(8-6-15)28(31)32/h2-12H,14H2,1H3,(H,27,30)/b17-9+. The van der Waals surface area contributed by atoms with E-state index >= 15 is 0 Å². The summed E-state index contributed by atoms with van der Waals surface area (Å²) in [5.41, 5.74) is 0.837. The van der Waals surface area contributed by atoms with Gasteiger partial charge in [-0.3, -0.25) is 25.0 Å². The number of hydrogen-bond donors (Lipinski definition) is 1. The molecule has 0 unspecified atom stereocenters. The summed E-state index contributed by atoms with van der Waals surface area (Å²) in [7, 11) is 1.43. The zero-order valence-electron chi connectivity index (χ0n) is 18.6. The topological polar surface area (TPSA) is 158 Å². The third-order valence-electron chi connectivity index (χ3n) is 4.80. The Bertz CT molecular complexity index is 1400. The number of amides is 1. The first-order chi connectivity index (χ1) is 17.2. The molecule has 0 saturated heterocycles. The molecule has 1 amide bonds. The van der Waals surface area contributed by atoms with Crippen LogP contribution in [0.5, 0.6) is 11.5 Å². The minimum absolute atomic E-state index is 0.0296. The molecule has 1 N–H and O–H groups in total. The Balaban J connectivity index is 1.79. The Morgan fingerprint density at radius 2 is 1.75 bits per heavy atom. The van der Waals surface area contributed by atoms with Gasteiger partial charge in [0.15, 0.2) is 11.5 Å². The summed E-state index contributed by atoms with van der Waals surface area (Å²) in [4.78, 5) is 33.3. The van der Waals surface area contributed by atoms with Gasteiger partial charge in [-0.05, 0) is 47.5 Å². The molecule has 3 rings (SSSR count). The largest absolute Gasteiger partial charge is 0.493 e. The highest BCUT2D eigenvalue weighted by atomic mass is 79.9. The lowest BCUT2D eigenvalue weighted by atomic mass is 10.1. The minimum atomic E-state index is -0.748. The van der Waals surface area contributed by atoms with E-state index < -0.39 is 15.8 Å². The van der Waals surface area contributed by atoms with Crippen molar-refractivity contribution in [2.24, 2.45) is 0 Å². The Hall–Kier alpha value is -4.76. The van der Waals surface area contributed by atoms with Gasteiger partial charge in [-0.15, -0.1) is 0 Å². The van der Waals surface area contributed by atoms with E-state index in [1.807, 2.05) is 6.07 Å². The molecule has 0 heterocycles. The van der Waals surface area contributed by atoms with Crippen molar-refractivity contribution in [1.82, 2.24) is 0 Å². The average Bonchev–Trinajstić information content (AvgIpc) is 2.87. The van der Waals surface area contributed by atoms with Crippen LogP contribution in [-0.4, -0.2) is 22.9 Å². The average molecular weight is 553 g/mol. The second kappa shape index (κ2) is 11.6. The van der Waals surface area contributed by atoms with Crippen LogP contribution in [0.3, 0.4) is 0 Å². The number of carbonyl (C=O) groups excluding carboxylic acids is 1. The van der Waals surface area contributed by atoms with Crippen molar-refractivity contribution in [2.45, 2.75) is 6.61 Å². The van der Waals surface area contributed by atoms with Crippen LogP contribution in [0, 0.1) is 31.6 Å². The molecule has 0 aliphatic rings. The van der Waals surface area contributed by atoms with Gasteiger partial charge in [0.1, 0.15) is 18.2 Å². The van der Waals surface area contributed by atoms with Gasteiger partial charge in [0.2, 0.25) is 0 Å². The predicted octanol–water partition coefficient (Wildman–Crippen LogP) is 5.40. The Morgan fingerprint density at radius 3 is 2.36 bits per heavy atom. The number of anilines is 1. The summed E-state index contributed by atoms with van der Waals surface area (Å²) in [6.07, 6.45) is 1.33. The van der Waals surface area contributed by atoms with Crippen LogP contribution in [0.1, 0.15) is 11.1 Å². The smallest absolute Gasteiger partial charge is 0.271 e. The number of rotatable bonds is 9. The minimum Gasteiger partial charge on any atom is -0.493 e. The normalized spacial score (nSPS) is 10.8. The molecule has 182 valence electrons. The molecule has 0 atom stereocenters. The second-order valence-corrected chi connectivity index (χ2v) is 8.02. The maximum Gasteiger partial charge on any atom is 0.271 e. The number of benzene rings is 3. The Labute approximate surface area is 213 Å². The monoisotopic (exact) mass is 552 g/mol. The first-order valence-electron chi connectivity index (χ1n) is 10.1. The fourth-order valence-electron chi connectivity index (χ4n) is 3.01. The zero-order valence-corrected chi connectivity index (χ0v) is 20.2. The van der Waals surface area contributed by atoms with Crippen LogP contribution in [0.15, 0.2) is 70.7 Å². The number of nitrogens with one attached hydrogen (secondary N) is 1. The maximum atomic E-state index is 12.6. The van der Waals surface area contributed by atoms with Crippen molar-refractivity contribution < 1.29 is 24.1 Å². The molecule has 0 fully saturated rings. The number of halogens is 1. The Morgan fingerprint density at radius 1 is 1.06 bits per heavy atom. The number of carbonyl (C=O) groups is 1. The van der Waals surface area contributed by atoms with E-state index in [0.717, 1.165) is 0 Å². The third kappa shape index (κ3) is 6.43. The highest BCUT2D eigenvalue weighted by Gasteiger charge is 2.15. The molecule has 12 heteroatoms. The van der Waals surface area contributed by atoms with Gasteiger partial charge >= 0.3 is 0 Å². The van der Waals surface area contributed by atoms with E-state index in [2.05, 4.69) is 21.2 Å². The van der Waals surface area contributed by atoms with Crippen LogP contribution < -0.4 is 14.8 Å². The third-order valence-corrected chi connectivity index (χ3v) is 5.49. The Kier molecular flexibility index (Phi) is 8.32. The van der Waals surface area contributed by atoms with Crippen LogP contribution in [-0.2, 0) is 11.4 Å². The summed E-state index contributed by atoms with van der Waals surface area (Å²) < 4.78 is 11.7. The summed E-state index contributed by atoms with van der Waals surface area (Å²) in [6.45, 7) is 0.116. The predicted molar refractivity (Wildman–Crippen MR) is 133 cm³/mol. The molecule has 0 saturated carbocycles. The van der Waals surface area contributed by atoms with Crippen molar-refractivity contribution >= 4 is 45.0 Å². The van der Waals surface area contributed by atoms with E-state index in [9.17, 15) is 30.3 Å². The van der Waals surface area contributed by atoms with Crippen LogP contribution >= 0.6 is 15.9 Å². The number of non-ortho nitro benzene ring substituents is 2. The van der Waals surface area contributed by atoms with Crippen LogP contribution in [0.25, 0.3) is 6.08 Å². The van der Waals surface area contributed by atoms with Gasteiger partial charge in [-0.25, -0.2) is 0 Å². The van der Waals surface area contributed by atoms with E-state index in [-0.39, 0.29) is 29.2 Å². The number of nitro benzene ring substituents is 2. The maximum absolute atomic E-state index is 12.6. The molecule has 0 spiro atoms. The summed E-state index contributed by atoms with van der Waals surface area (Å²) in [5, 5.41) is 33.7. The summed E-state index contributed by atoms with van der Waals surface area (Å²) in [5.74, 6) is -0.0652. The van der Waals surface area contributed by atoms with E-state index in [0.29, 0.717) is 27.1 Å². The van der Waals surface area contributed by atoms with Gasteiger partial charge in [-0.2, -0.15) is 5.26 Å². The van der Waals surface area contributed by atoms with Gasteiger partial charge in [0.25, 0.3) is 17.3 Å². The lowest BCUT2D eigenvalue weighted by molar-refractivity contribution is -0.385. The van der Waals surface area contributed by atoms with Crippen LogP contribution in [0.4, 0.5) is 17.1 Å². The lowest BCUT2D eigenvalue weighted by Gasteiger charge is -2.13. The highest BCUT2D eigenvalue weighted by molar-refractivity contribution is 9.10. The molecule has 11 nitrogen and oxygen atoms in total. The fraction of sp³-hybridized carbons (Fsp3) is 0.0833. The van der Waals surface area contributed by atoms with Crippen molar-refractivity contribution in [3.63, 3.8) is 0 Å². The molecule has 0 radical (unpaired) electrons. The lowest BCUT2D eigenvalue weighted by Crippen LogP contribution is -2.13. The second-order valence-electron chi connectivity index (χ2n) is 7.17. The molecule has 0 aliphatic carbocycles. The van der Waals surface area contributed by atoms with Crippen molar-refractivity contribution in [3.8, 4) is 17.6 Å². The molecule has 0 bridgehead atoms. The molecular weight excluding hydrogens is 536 g/mol.